The minimum absolute atomic E-state index is 0.780. The Bertz CT molecular complexity index is 466. The summed E-state index contributed by atoms with van der Waals surface area (Å²) in [5, 5.41) is 7.13. The predicted octanol–water partition coefficient (Wildman–Crippen LogP) is 3.55. The fraction of sp³-hybridized carbons (Fsp3) is 0.824. The molecular weight excluding hydrogens is 278 g/mol. The number of fused-ring (bicyclic) bond motifs is 1. The van der Waals surface area contributed by atoms with Gasteiger partial charge in [-0.1, -0.05) is 12.8 Å². The lowest BCUT2D eigenvalue weighted by Crippen LogP contribution is -2.46. The molecule has 1 aromatic heterocycles. The molecule has 116 valence electrons. The average Bonchev–Trinajstić information content (AvgIpc) is 3.25. The second kappa shape index (κ2) is 6.35. The largest absolute Gasteiger partial charge is 0.308 e. The van der Waals surface area contributed by atoms with Crippen LogP contribution >= 0.6 is 11.3 Å². The number of nitrogens with one attached hydrogen (secondary N) is 1. The molecule has 0 radical (unpaired) electrons. The summed E-state index contributed by atoms with van der Waals surface area (Å²) in [6.45, 7) is 3.34. The van der Waals surface area contributed by atoms with E-state index in [9.17, 15) is 0 Å². The molecule has 2 atom stereocenters. The van der Waals surface area contributed by atoms with Gasteiger partial charge in [-0.05, 0) is 51.0 Å². The number of nitrogens with zero attached hydrogens (tertiary/aromatic N) is 2. The first-order valence-electron chi connectivity index (χ1n) is 8.79. The summed E-state index contributed by atoms with van der Waals surface area (Å²) in [4.78, 5) is 7.59. The van der Waals surface area contributed by atoms with Crippen LogP contribution in [0.3, 0.4) is 0 Å². The van der Waals surface area contributed by atoms with Gasteiger partial charge in [-0.3, -0.25) is 4.90 Å². The van der Waals surface area contributed by atoms with Gasteiger partial charge in [-0.25, -0.2) is 4.98 Å². The van der Waals surface area contributed by atoms with Gasteiger partial charge in [-0.2, -0.15) is 0 Å². The number of hydrogen-bond acceptors (Lipinski definition) is 4. The lowest BCUT2D eigenvalue weighted by atomic mass is 9.78. The zero-order valence-electron chi connectivity index (χ0n) is 12.9. The second-order valence-electron chi connectivity index (χ2n) is 7.11. The van der Waals surface area contributed by atoms with Crippen molar-refractivity contribution in [3.05, 3.63) is 16.1 Å². The first-order valence-corrected chi connectivity index (χ1v) is 9.67. The molecule has 0 amide bonds. The summed E-state index contributed by atoms with van der Waals surface area (Å²) in [7, 11) is 0. The van der Waals surface area contributed by atoms with E-state index in [1.54, 1.807) is 0 Å². The van der Waals surface area contributed by atoms with Crippen molar-refractivity contribution in [2.45, 2.75) is 76.5 Å². The summed E-state index contributed by atoms with van der Waals surface area (Å²) in [6.07, 6.45) is 11.4. The second-order valence-corrected chi connectivity index (χ2v) is 8.05. The quantitative estimate of drug-likeness (QED) is 0.901. The first-order chi connectivity index (χ1) is 10.4. The van der Waals surface area contributed by atoms with Crippen LogP contribution in [0.4, 0.5) is 0 Å². The van der Waals surface area contributed by atoms with Gasteiger partial charge in [0.15, 0.2) is 0 Å². The normalized spacial score (nSPS) is 30.3. The highest BCUT2D eigenvalue weighted by atomic mass is 32.1. The molecule has 2 aliphatic carbocycles. The number of rotatable bonds is 5. The van der Waals surface area contributed by atoms with Gasteiger partial charge in [0, 0.05) is 30.6 Å². The molecule has 2 heterocycles. The third kappa shape index (κ3) is 3.49. The van der Waals surface area contributed by atoms with Crippen molar-refractivity contribution in [2.24, 2.45) is 5.92 Å². The van der Waals surface area contributed by atoms with E-state index in [1.807, 2.05) is 11.3 Å². The highest BCUT2D eigenvalue weighted by Gasteiger charge is 2.33. The van der Waals surface area contributed by atoms with Crippen molar-refractivity contribution in [1.82, 2.24) is 15.2 Å². The molecular formula is C17H27N3S. The Hall–Kier alpha value is -0.450. The van der Waals surface area contributed by atoms with E-state index in [0.717, 1.165) is 31.1 Å². The van der Waals surface area contributed by atoms with E-state index in [0.29, 0.717) is 0 Å². The summed E-state index contributed by atoms with van der Waals surface area (Å²) in [5.41, 5.74) is 1.30. The van der Waals surface area contributed by atoms with E-state index in [-0.39, 0.29) is 0 Å². The molecule has 3 aliphatic rings. The van der Waals surface area contributed by atoms with Crippen LogP contribution in [-0.4, -0.2) is 28.5 Å². The van der Waals surface area contributed by atoms with Crippen molar-refractivity contribution < 1.29 is 0 Å². The minimum atomic E-state index is 0.780. The van der Waals surface area contributed by atoms with Crippen LogP contribution in [0.1, 0.15) is 62.1 Å². The topological polar surface area (TPSA) is 28.2 Å². The molecule has 4 heteroatoms. The Morgan fingerprint density at radius 1 is 1.14 bits per heavy atom. The fourth-order valence-electron chi connectivity index (χ4n) is 4.15. The van der Waals surface area contributed by atoms with Crippen molar-refractivity contribution in [3.63, 3.8) is 0 Å². The molecule has 2 unspecified atom stereocenters. The fourth-order valence-corrected chi connectivity index (χ4v) is 4.89. The van der Waals surface area contributed by atoms with Gasteiger partial charge in [0.25, 0.3) is 0 Å². The van der Waals surface area contributed by atoms with Crippen LogP contribution in [0, 0.1) is 5.92 Å². The van der Waals surface area contributed by atoms with Gasteiger partial charge in [0.1, 0.15) is 5.01 Å². The van der Waals surface area contributed by atoms with Crippen LogP contribution < -0.4 is 5.32 Å². The lowest BCUT2D eigenvalue weighted by Gasteiger charge is -2.44. The Balaban J connectivity index is 1.35. The van der Waals surface area contributed by atoms with E-state index in [2.05, 4.69) is 15.6 Å². The number of piperidine rings is 1. The highest BCUT2D eigenvalue weighted by molar-refractivity contribution is 7.09. The van der Waals surface area contributed by atoms with E-state index < -0.39 is 0 Å². The third-order valence-electron chi connectivity index (χ3n) is 5.44. The lowest BCUT2D eigenvalue weighted by molar-refractivity contribution is 0.0538. The molecule has 1 aromatic rings. The van der Waals surface area contributed by atoms with Crippen LogP contribution in [0.5, 0.6) is 0 Å². The summed E-state index contributed by atoms with van der Waals surface area (Å²) in [6, 6.07) is 1.63. The number of hydrogen-bond donors (Lipinski definition) is 1. The Morgan fingerprint density at radius 3 is 2.90 bits per heavy atom. The Morgan fingerprint density at radius 2 is 2.00 bits per heavy atom. The number of aromatic nitrogens is 1. The predicted molar refractivity (Wildman–Crippen MR) is 87.4 cm³/mol. The molecule has 0 bridgehead atoms. The molecule has 0 spiro atoms. The smallest absolute Gasteiger partial charge is 0.107 e. The summed E-state index contributed by atoms with van der Waals surface area (Å²) >= 11 is 1.84. The SMILES string of the molecule is c1sc(CNC2CC2)nc1CN1CCCC2CCCCC21. The maximum Gasteiger partial charge on any atom is 0.107 e. The molecule has 3 fully saturated rings. The molecule has 0 aromatic carbocycles. The maximum atomic E-state index is 4.86. The van der Waals surface area contributed by atoms with Gasteiger partial charge < -0.3 is 5.32 Å². The summed E-state index contributed by atoms with van der Waals surface area (Å²) < 4.78 is 0. The molecule has 1 saturated heterocycles. The molecule has 2 saturated carbocycles. The molecule has 3 nitrogen and oxygen atoms in total. The standard InChI is InChI=1S/C17H27N3S/c1-2-6-16-13(4-1)5-3-9-20(16)11-15-12-21-17(19-15)10-18-14-7-8-14/h12-14,16,18H,1-11H2. The Kier molecular flexibility index (Phi) is 4.28. The van der Waals surface area contributed by atoms with Crippen LogP contribution in [0.25, 0.3) is 0 Å². The van der Waals surface area contributed by atoms with Crippen LogP contribution in [0.2, 0.25) is 0 Å². The van der Waals surface area contributed by atoms with Gasteiger partial charge in [0.05, 0.1) is 5.69 Å². The summed E-state index contributed by atoms with van der Waals surface area (Å²) in [5.74, 6) is 0.974. The number of likely N-dealkylation sites (tertiary alicyclic amines) is 1. The molecule has 4 rings (SSSR count). The maximum absolute atomic E-state index is 4.86. The number of thiazole rings is 1. The van der Waals surface area contributed by atoms with Crippen LogP contribution in [-0.2, 0) is 13.1 Å². The van der Waals surface area contributed by atoms with Crippen molar-refractivity contribution in [2.75, 3.05) is 6.54 Å². The zero-order valence-corrected chi connectivity index (χ0v) is 13.7. The van der Waals surface area contributed by atoms with E-state index in [4.69, 9.17) is 4.98 Å². The average molecular weight is 305 g/mol. The van der Waals surface area contributed by atoms with Gasteiger partial charge in [-0.15, -0.1) is 11.3 Å². The van der Waals surface area contributed by atoms with Crippen LogP contribution in [0.15, 0.2) is 5.38 Å². The van der Waals surface area contributed by atoms with E-state index in [1.165, 1.54) is 68.6 Å². The Labute approximate surface area is 132 Å². The first kappa shape index (κ1) is 14.2. The van der Waals surface area contributed by atoms with Crippen molar-refractivity contribution >= 4 is 11.3 Å². The molecule has 1 N–H and O–H groups in total. The third-order valence-corrected chi connectivity index (χ3v) is 6.34. The van der Waals surface area contributed by atoms with Gasteiger partial charge in [0.2, 0.25) is 0 Å². The molecule has 21 heavy (non-hydrogen) atoms. The van der Waals surface area contributed by atoms with Crippen molar-refractivity contribution in [1.29, 1.82) is 0 Å². The minimum Gasteiger partial charge on any atom is -0.308 e. The van der Waals surface area contributed by atoms with Crippen molar-refractivity contribution in [3.8, 4) is 0 Å². The molecule has 1 aliphatic heterocycles. The monoisotopic (exact) mass is 305 g/mol. The zero-order chi connectivity index (χ0) is 14.1. The van der Waals surface area contributed by atoms with E-state index >= 15 is 0 Å². The highest BCUT2D eigenvalue weighted by Crippen LogP contribution is 2.36. The van der Waals surface area contributed by atoms with Gasteiger partial charge >= 0.3 is 0 Å².